The van der Waals surface area contributed by atoms with Crippen molar-refractivity contribution in [2.75, 3.05) is 6.54 Å². The Labute approximate surface area is 173 Å². The third-order valence-corrected chi connectivity index (χ3v) is 5.20. The van der Waals surface area contributed by atoms with Crippen molar-refractivity contribution in [3.05, 3.63) is 46.6 Å². The van der Waals surface area contributed by atoms with E-state index in [-0.39, 0.29) is 16.6 Å². The van der Waals surface area contributed by atoms with Crippen molar-refractivity contribution >= 4 is 23.3 Å². The van der Waals surface area contributed by atoms with E-state index in [1.54, 1.807) is 11.9 Å². The molecule has 9 heteroatoms. The van der Waals surface area contributed by atoms with Crippen LogP contribution >= 0.6 is 11.6 Å². The van der Waals surface area contributed by atoms with Gasteiger partial charge in [-0.25, -0.2) is 0 Å². The number of hydrogen-bond donors (Lipinski definition) is 2. The predicted molar refractivity (Wildman–Crippen MR) is 108 cm³/mol. The van der Waals surface area contributed by atoms with Crippen LogP contribution in [0.5, 0.6) is 0 Å². The van der Waals surface area contributed by atoms with Gasteiger partial charge in [-0.05, 0) is 63.6 Å². The number of carbonyl (C=O) groups is 1. The van der Waals surface area contributed by atoms with Gasteiger partial charge >= 0.3 is 6.18 Å². The van der Waals surface area contributed by atoms with Crippen molar-refractivity contribution in [3.8, 4) is 0 Å². The van der Waals surface area contributed by atoms with Gasteiger partial charge in [0.25, 0.3) is 5.91 Å². The van der Waals surface area contributed by atoms with Crippen LogP contribution in [0, 0.1) is 5.92 Å². The molecule has 1 aromatic rings. The number of nitrogens with zero attached hydrogens (tertiary/aromatic N) is 2. The van der Waals surface area contributed by atoms with Gasteiger partial charge in [0.2, 0.25) is 0 Å². The van der Waals surface area contributed by atoms with Crippen molar-refractivity contribution in [1.29, 1.82) is 0 Å². The average molecular weight is 431 g/mol. The Morgan fingerprint density at radius 2 is 1.93 bits per heavy atom. The number of amides is 1. The summed E-state index contributed by atoms with van der Waals surface area (Å²) in [6.45, 7) is 8.16. The second-order valence-corrected chi connectivity index (χ2v) is 7.85. The van der Waals surface area contributed by atoms with Crippen LogP contribution in [0.2, 0.25) is 5.02 Å². The number of hydrazone groups is 1. The normalized spacial score (nSPS) is 20.3. The number of halogens is 4. The molecule has 0 aromatic heterocycles. The number of amidine groups is 1. The summed E-state index contributed by atoms with van der Waals surface area (Å²) in [6, 6.07) is 2.65. The van der Waals surface area contributed by atoms with E-state index in [0.717, 1.165) is 49.6 Å². The van der Waals surface area contributed by atoms with Gasteiger partial charge in [0, 0.05) is 18.3 Å². The van der Waals surface area contributed by atoms with Crippen molar-refractivity contribution in [2.45, 2.75) is 51.7 Å². The van der Waals surface area contributed by atoms with Crippen LogP contribution in [0.15, 0.2) is 35.6 Å². The fourth-order valence-electron chi connectivity index (χ4n) is 3.35. The summed E-state index contributed by atoms with van der Waals surface area (Å²) < 4.78 is 38.7. The fraction of sp³-hybridized carbons (Fsp3) is 0.500. The summed E-state index contributed by atoms with van der Waals surface area (Å²) in [6.07, 6.45) is -1.38. The van der Waals surface area contributed by atoms with Crippen LogP contribution in [-0.2, 0) is 6.18 Å². The third-order valence-electron chi connectivity index (χ3n) is 4.87. The molecule has 0 bridgehead atoms. The zero-order valence-electron chi connectivity index (χ0n) is 16.5. The topological polar surface area (TPSA) is 70.7 Å². The molecular formula is C20H26ClF3N4O. The first-order valence-electron chi connectivity index (χ1n) is 9.38. The Morgan fingerprint density at radius 3 is 2.45 bits per heavy atom. The highest BCUT2D eigenvalue weighted by Gasteiger charge is 2.32. The van der Waals surface area contributed by atoms with Crippen LogP contribution < -0.4 is 11.1 Å². The number of rotatable bonds is 6. The summed E-state index contributed by atoms with van der Waals surface area (Å²) in [5.74, 6) is 0.225. The SMILES string of the molecule is C=C(C)N(C[C@H]1CC[C@H](NC(=O)c2cc(C(F)(F)F)ccc2Cl)CC1)/N=C(/C)N. The first-order valence-corrected chi connectivity index (χ1v) is 9.76. The lowest BCUT2D eigenvalue weighted by atomic mass is 9.85. The maximum atomic E-state index is 12.9. The van der Waals surface area contributed by atoms with Gasteiger partial charge in [-0.2, -0.15) is 18.3 Å². The van der Waals surface area contributed by atoms with E-state index < -0.39 is 17.6 Å². The number of hydrogen-bond acceptors (Lipinski definition) is 3. The summed E-state index contributed by atoms with van der Waals surface area (Å²) in [7, 11) is 0. The number of nitrogens with two attached hydrogens (primary N) is 1. The molecule has 0 unspecified atom stereocenters. The fourth-order valence-corrected chi connectivity index (χ4v) is 3.55. The smallest absolute Gasteiger partial charge is 0.386 e. The molecule has 1 aliphatic rings. The molecule has 2 rings (SSSR count). The highest BCUT2D eigenvalue weighted by atomic mass is 35.5. The van der Waals surface area contributed by atoms with Crippen molar-refractivity contribution in [2.24, 2.45) is 16.8 Å². The number of allylic oxidation sites excluding steroid dienone is 1. The van der Waals surface area contributed by atoms with Gasteiger partial charge in [-0.1, -0.05) is 18.2 Å². The van der Waals surface area contributed by atoms with Gasteiger partial charge < -0.3 is 11.1 Å². The molecule has 5 nitrogen and oxygen atoms in total. The van der Waals surface area contributed by atoms with E-state index in [4.69, 9.17) is 17.3 Å². The van der Waals surface area contributed by atoms with Gasteiger partial charge in [0.1, 0.15) is 5.84 Å². The van der Waals surface area contributed by atoms with Crippen molar-refractivity contribution in [1.82, 2.24) is 10.3 Å². The first kappa shape index (κ1) is 23.1. The molecule has 1 aliphatic carbocycles. The van der Waals surface area contributed by atoms with Crippen LogP contribution in [0.25, 0.3) is 0 Å². The van der Waals surface area contributed by atoms with Gasteiger partial charge in [-0.3, -0.25) is 9.80 Å². The van der Waals surface area contributed by atoms with E-state index in [2.05, 4.69) is 17.0 Å². The molecule has 160 valence electrons. The molecule has 1 saturated carbocycles. The largest absolute Gasteiger partial charge is 0.416 e. The van der Waals surface area contributed by atoms with Gasteiger partial charge in [0.15, 0.2) is 0 Å². The zero-order chi connectivity index (χ0) is 21.8. The van der Waals surface area contributed by atoms with E-state index >= 15 is 0 Å². The van der Waals surface area contributed by atoms with Crippen molar-refractivity contribution in [3.63, 3.8) is 0 Å². The third kappa shape index (κ3) is 6.66. The summed E-state index contributed by atoms with van der Waals surface area (Å²) in [5.41, 5.74) is 5.39. The van der Waals surface area contributed by atoms with E-state index in [1.807, 2.05) is 6.92 Å². The Hall–Kier alpha value is -2.22. The first-order chi connectivity index (χ1) is 13.5. The van der Waals surface area contributed by atoms with Crippen LogP contribution in [0.3, 0.4) is 0 Å². The Kier molecular flexibility index (Phi) is 7.57. The van der Waals surface area contributed by atoms with Gasteiger partial charge in [0.05, 0.1) is 16.1 Å². The molecule has 29 heavy (non-hydrogen) atoms. The van der Waals surface area contributed by atoms with Crippen LogP contribution in [-0.4, -0.2) is 29.3 Å². The minimum atomic E-state index is -4.53. The highest BCUT2D eigenvalue weighted by molar-refractivity contribution is 6.33. The maximum absolute atomic E-state index is 12.9. The Bertz CT molecular complexity index is 782. The van der Waals surface area contributed by atoms with E-state index in [9.17, 15) is 18.0 Å². The monoisotopic (exact) mass is 430 g/mol. The molecule has 0 atom stereocenters. The number of nitrogens with one attached hydrogen (secondary N) is 1. The molecule has 1 amide bonds. The molecule has 3 N–H and O–H groups in total. The second kappa shape index (κ2) is 9.52. The molecule has 0 heterocycles. The Balaban J connectivity index is 1.95. The molecule has 0 radical (unpaired) electrons. The highest BCUT2D eigenvalue weighted by Crippen LogP contribution is 2.32. The van der Waals surface area contributed by atoms with Crippen LogP contribution in [0.1, 0.15) is 55.5 Å². The quantitative estimate of drug-likeness (QED) is 0.388. The minimum absolute atomic E-state index is 0.00342. The standard InChI is InChI=1S/C20H26ClF3N4O/c1-12(2)28(27-13(3)25)11-14-4-7-16(8-5-14)26-19(29)17-10-15(20(22,23)24)6-9-18(17)21/h6,9-10,14,16H,1,4-5,7-8,11H2,2-3H3,(H2,25,27)(H,26,29)/t14-,16-. The zero-order valence-corrected chi connectivity index (χ0v) is 17.3. The maximum Gasteiger partial charge on any atom is 0.416 e. The molecular weight excluding hydrogens is 405 g/mol. The number of benzene rings is 1. The summed E-state index contributed by atoms with van der Waals surface area (Å²) in [4.78, 5) is 12.5. The van der Waals surface area contributed by atoms with E-state index in [1.165, 1.54) is 0 Å². The van der Waals surface area contributed by atoms with Crippen molar-refractivity contribution < 1.29 is 18.0 Å². The molecule has 0 aliphatic heterocycles. The van der Waals surface area contributed by atoms with Crippen LogP contribution in [0.4, 0.5) is 13.2 Å². The predicted octanol–water partition coefficient (Wildman–Crippen LogP) is 4.78. The number of carbonyl (C=O) groups excluding carboxylic acids is 1. The lowest BCUT2D eigenvalue weighted by molar-refractivity contribution is -0.137. The lowest BCUT2D eigenvalue weighted by Crippen LogP contribution is -2.39. The molecule has 1 aromatic carbocycles. The molecule has 0 saturated heterocycles. The summed E-state index contributed by atoms with van der Waals surface area (Å²) >= 11 is 5.95. The average Bonchev–Trinajstić information content (AvgIpc) is 2.61. The van der Waals surface area contributed by atoms with E-state index in [0.29, 0.717) is 18.3 Å². The molecule has 1 fully saturated rings. The summed E-state index contributed by atoms with van der Waals surface area (Å²) in [5, 5.41) is 8.86. The van der Waals surface area contributed by atoms with Gasteiger partial charge in [-0.15, -0.1) is 0 Å². The Morgan fingerprint density at radius 1 is 1.31 bits per heavy atom. The lowest BCUT2D eigenvalue weighted by Gasteiger charge is -2.32. The minimum Gasteiger partial charge on any atom is -0.386 e. The molecule has 0 spiro atoms. The number of alkyl halides is 3. The second-order valence-electron chi connectivity index (χ2n) is 7.44.